The molecule has 102 valence electrons. The second-order valence-corrected chi connectivity index (χ2v) is 5.64. The summed E-state index contributed by atoms with van der Waals surface area (Å²) in [6, 6.07) is 6.72. The molecule has 2 aromatic rings. The summed E-state index contributed by atoms with van der Waals surface area (Å²) in [4.78, 5) is 6.94. The van der Waals surface area contributed by atoms with Crippen LogP contribution >= 0.6 is 11.3 Å². The van der Waals surface area contributed by atoms with Crippen LogP contribution < -0.4 is 10.1 Å². The summed E-state index contributed by atoms with van der Waals surface area (Å²) in [5.41, 5.74) is 1.16. The van der Waals surface area contributed by atoms with Crippen molar-refractivity contribution >= 4 is 11.3 Å². The van der Waals surface area contributed by atoms with Gasteiger partial charge in [0.2, 0.25) is 0 Å². The van der Waals surface area contributed by atoms with Gasteiger partial charge in [0, 0.05) is 34.0 Å². The van der Waals surface area contributed by atoms with Crippen molar-refractivity contribution in [3.05, 3.63) is 45.9 Å². The van der Waals surface area contributed by atoms with Gasteiger partial charge in [-0.3, -0.25) is 4.98 Å². The number of nitrogens with one attached hydrogen (secondary N) is 1. The summed E-state index contributed by atoms with van der Waals surface area (Å²) in [5.74, 6) is 0.842. The number of aromatic nitrogens is 1. The van der Waals surface area contributed by atoms with Gasteiger partial charge in [0.15, 0.2) is 0 Å². The van der Waals surface area contributed by atoms with Gasteiger partial charge in [-0.25, -0.2) is 0 Å². The minimum atomic E-state index is 0.251. The first-order valence-electron chi connectivity index (χ1n) is 6.51. The quantitative estimate of drug-likeness (QED) is 0.879. The average molecular weight is 276 g/mol. The predicted molar refractivity (Wildman–Crippen MR) is 80.0 cm³/mol. The number of thiophene rings is 1. The van der Waals surface area contributed by atoms with Crippen LogP contribution in [0.15, 0.2) is 30.6 Å². The standard InChI is InChI=1S/C15H20N2OS/c1-4-11-5-6-12(19-11)9-14(16-2)13-7-8-17-10-15(13)18-3/h5-8,10,14,16H,4,9H2,1-3H3. The zero-order chi connectivity index (χ0) is 13.7. The van der Waals surface area contributed by atoms with Crippen LogP contribution in [0.4, 0.5) is 0 Å². The second-order valence-electron chi connectivity index (χ2n) is 4.38. The van der Waals surface area contributed by atoms with Crippen molar-refractivity contribution in [3.63, 3.8) is 0 Å². The Morgan fingerprint density at radius 2 is 2.11 bits per heavy atom. The van der Waals surface area contributed by atoms with Gasteiger partial charge in [-0.15, -0.1) is 11.3 Å². The molecule has 0 aliphatic heterocycles. The van der Waals surface area contributed by atoms with Crippen LogP contribution in [0, 0.1) is 0 Å². The van der Waals surface area contributed by atoms with E-state index in [1.807, 2.05) is 30.6 Å². The molecule has 1 atom stereocenters. The zero-order valence-electron chi connectivity index (χ0n) is 11.6. The molecule has 19 heavy (non-hydrogen) atoms. The van der Waals surface area contributed by atoms with Gasteiger partial charge in [0.05, 0.1) is 13.3 Å². The van der Waals surface area contributed by atoms with Crippen molar-refractivity contribution in [2.45, 2.75) is 25.8 Å². The molecule has 4 heteroatoms. The minimum absolute atomic E-state index is 0.251. The number of rotatable bonds is 6. The SMILES string of the molecule is CCc1ccc(CC(NC)c2ccncc2OC)s1. The van der Waals surface area contributed by atoms with Crippen LogP contribution in [0.3, 0.4) is 0 Å². The molecule has 0 aliphatic rings. The average Bonchev–Trinajstić information content (AvgIpc) is 2.92. The number of methoxy groups -OCH3 is 1. The van der Waals surface area contributed by atoms with Gasteiger partial charge in [-0.1, -0.05) is 6.92 Å². The Morgan fingerprint density at radius 3 is 2.74 bits per heavy atom. The Hall–Kier alpha value is -1.39. The molecule has 0 aromatic carbocycles. The summed E-state index contributed by atoms with van der Waals surface area (Å²) in [6.07, 6.45) is 5.66. The van der Waals surface area contributed by atoms with Crippen molar-refractivity contribution in [2.24, 2.45) is 0 Å². The molecular formula is C15H20N2OS. The maximum atomic E-state index is 5.39. The normalized spacial score (nSPS) is 12.4. The number of nitrogens with zero attached hydrogens (tertiary/aromatic N) is 1. The van der Waals surface area contributed by atoms with E-state index >= 15 is 0 Å². The lowest BCUT2D eigenvalue weighted by molar-refractivity contribution is 0.399. The maximum absolute atomic E-state index is 5.39. The Bertz CT molecular complexity index is 524. The lowest BCUT2D eigenvalue weighted by atomic mass is 10.0. The van der Waals surface area contributed by atoms with Crippen LogP contribution in [0.5, 0.6) is 5.75 Å². The summed E-state index contributed by atoms with van der Waals surface area (Å²) in [5, 5.41) is 3.37. The van der Waals surface area contributed by atoms with E-state index in [0.29, 0.717) is 0 Å². The molecule has 2 heterocycles. The molecule has 0 radical (unpaired) electrons. The van der Waals surface area contributed by atoms with E-state index in [4.69, 9.17) is 4.74 Å². The topological polar surface area (TPSA) is 34.2 Å². The maximum Gasteiger partial charge on any atom is 0.141 e. The van der Waals surface area contributed by atoms with Gasteiger partial charge in [0.1, 0.15) is 5.75 Å². The molecule has 3 nitrogen and oxygen atoms in total. The van der Waals surface area contributed by atoms with E-state index in [-0.39, 0.29) is 6.04 Å². The lowest BCUT2D eigenvalue weighted by Crippen LogP contribution is -2.19. The lowest BCUT2D eigenvalue weighted by Gasteiger charge is -2.18. The van der Waals surface area contributed by atoms with E-state index in [0.717, 1.165) is 24.2 Å². The van der Waals surface area contributed by atoms with Crippen molar-refractivity contribution in [3.8, 4) is 5.75 Å². The number of ether oxygens (including phenoxy) is 1. The Balaban J connectivity index is 2.19. The first-order valence-corrected chi connectivity index (χ1v) is 7.32. The van der Waals surface area contributed by atoms with E-state index < -0.39 is 0 Å². The van der Waals surface area contributed by atoms with E-state index in [2.05, 4.69) is 29.4 Å². The molecule has 1 N–H and O–H groups in total. The van der Waals surface area contributed by atoms with Crippen molar-refractivity contribution in [1.29, 1.82) is 0 Å². The van der Waals surface area contributed by atoms with Crippen LogP contribution in [0.2, 0.25) is 0 Å². The Kier molecular flexibility index (Phi) is 4.93. The molecule has 0 saturated carbocycles. The van der Waals surface area contributed by atoms with Gasteiger partial charge < -0.3 is 10.1 Å². The van der Waals surface area contributed by atoms with Crippen LogP contribution in [0.25, 0.3) is 0 Å². The highest BCUT2D eigenvalue weighted by Gasteiger charge is 2.15. The third-order valence-electron chi connectivity index (χ3n) is 3.23. The molecular weight excluding hydrogens is 256 g/mol. The number of aryl methyl sites for hydroxylation is 1. The van der Waals surface area contributed by atoms with Crippen LogP contribution in [-0.4, -0.2) is 19.1 Å². The highest BCUT2D eigenvalue weighted by Crippen LogP contribution is 2.28. The van der Waals surface area contributed by atoms with Crippen molar-refractivity contribution < 1.29 is 4.74 Å². The summed E-state index contributed by atoms with van der Waals surface area (Å²) < 4.78 is 5.39. The molecule has 0 bridgehead atoms. The van der Waals surface area contributed by atoms with Crippen molar-refractivity contribution in [2.75, 3.05) is 14.2 Å². The summed E-state index contributed by atoms with van der Waals surface area (Å²) >= 11 is 1.89. The first-order chi connectivity index (χ1) is 9.28. The fourth-order valence-electron chi connectivity index (χ4n) is 2.14. The van der Waals surface area contributed by atoms with E-state index in [9.17, 15) is 0 Å². The Morgan fingerprint density at radius 1 is 1.32 bits per heavy atom. The fourth-order valence-corrected chi connectivity index (χ4v) is 3.14. The summed E-state index contributed by atoms with van der Waals surface area (Å²) in [7, 11) is 3.67. The number of hydrogen-bond acceptors (Lipinski definition) is 4. The number of likely N-dealkylation sites (N-methyl/N-ethyl adjacent to an activating group) is 1. The minimum Gasteiger partial charge on any atom is -0.495 e. The van der Waals surface area contributed by atoms with Crippen LogP contribution in [0.1, 0.15) is 28.3 Å². The molecule has 0 aliphatic carbocycles. The second kappa shape index (κ2) is 6.68. The Labute approximate surface area is 118 Å². The largest absolute Gasteiger partial charge is 0.495 e. The molecule has 1 unspecified atom stereocenters. The van der Waals surface area contributed by atoms with Gasteiger partial charge >= 0.3 is 0 Å². The summed E-state index contributed by atoms with van der Waals surface area (Å²) in [6.45, 7) is 2.19. The van der Waals surface area contributed by atoms with Crippen molar-refractivity contribution in [1.82, 2.24) is 10.3 Å². The smallest absolute Gasteiger partial charge is 0.141 e. The fraction of sp³-hybridized carbons (Fsp3) is 0.400. The zero-order valence-corrected chi connectivity index (χ0v) is 12.5. The molecule has 2 aromatic heterocycles. The number of hydrogen-bond donors (Lipinski definition) is 1. The van der Waals surface area contributed by atoms with Gasteiger partial charge in [-0.2, -0.15) is 0 Å². The molecule has 0 saturated heterocycles. The van der Waals surface area contributed by atoms with E-state index in [1.54, 1.807) is 13.3 Å². The predicted octanol–water partition coefficient (Wildman–Crippen LogP) is 3.22. The van der Waals surface area contributed by atoms with Crippen LogP contribution in [-0.2, 0) is 12.8 Å². The highest BCUT2D eigenvalue weighted by molar-refractivity contribution is 7.11. The monoisotopic (exact) mass is 276 g/mol. The molecule has 2 rings (SSSR count). The number of pyridine rings is 1. The van der Waals surface area contributed by atoms with E-state index in [1.165, 1.54) is 9.75 Å². The molecule has 0 amide bonds. The molecule has 0 fully saturated rings. The first kappa shape index (κ1) is 14.0. The third kappa shape index (κ3) is 3.33. The third-order valence-corrected chi connectivity index (χ3v) is 4.48. The molecule has 0 spiro atoms. The highest BCUT2D eigenvalue weighted by atomic mass is 32.1. The van der Waals surface area contributed by atoms with Gasteiger partial charge in [0.25, 0.3) is 0 Å². The van der Waals surface area contributed by atoms with Gasteiger partial charge in [-0.05, 0) is 31.7 Å².